The molecule has 0 radical (unpaired) electrons. The number of pyridine rings is 1. The SMILES string of the molecule is CCOC(=O)CCCNc1ncc(Cl)cc1F. The smallest absolute Gasteiger partial charge is 0.305 e. The van der Waals surface area contributed by atoms with Crippen LogP contribution in [0.1, 0.15) is 19.8 Å². The molecule has 0 aliphatic heterocycles. The van der Waals surface area contributed by atoms with E-state index in [-0.39, 0.29) is 16.8 Å². The third-order valence-electron chi connectivity index (χ3n) is 1.96. The van der Waals surface area contributed by atoms with Crippen LogP contribution in [0.25, 0.3) is 0 Å². The van der Waals surface area contributed by atoms with Crippen molar-refractivity contribution in [3.63, 3.8) is 0 Å². The molecule has 0 saturated heterocycles. The van der Waals surface area contributed by atoms with E-state index in [1.54, 1.807) is 6.92 Å². The molecular weight excluding hydrogens is 247 g/mol. The Balaban J connectivity index is 2.29. The number of carbonyl (C=O) groups is 1. The van der Waals surface area contributed by atoms with Gasteiger partial charge in [0.2, 0.25) is 0 Å². The van der Waals surface area contributed by atoms with Gasteiger partial charge in [-0.3, -0.25) is 4.79 Å². The van der Waals surface area contributed by atoms with Crippen molar-refractivity contribution >= 4 is 23.4 Å². The van der Waals surface area contributed by atoms with Crippen LogP contribution in [0.4, 0.5) is 10.2 Å². The highest BCUT2D eigenvalue weighted by Gasteiger charge is 2.05. The molecule has 1 rings (SSSR count). The molecule has 0 aliphatic carbocycles. The first-order chi connectivity index (χ1) is 8.13. The quantitative estimate of drug-likeness (QED) is 0.631. The van der Waals surface area contributed by atoms with E-state index in [1.807, 2.05) is 0 Å². The van der Waals surface area contributed by atoms with Crippen LogP contribution in [-0.2, 0) is 9.53 Å². The predicted octanol–water partition coefficient (Wildman–Crippen LogP) is 2.63. The predicted molar refractivity (Wildman–Crippen MR) is 63.6 cm³/mol. The lowest BCUT2D eigenvalue weighted by molar-refractivity contribution is -0.143. The average Bonchev–Trinajstić information content (AvgIpc) is 2.27. The molecule has 1 aromatic rings. The molecular formula is C11H14ClFN2O2. The topological polar surface area (TPSA) is 51.2 Å². The first kappa shape index (κ1) is 13.7. The molecule has 0 bridgehead atoms. The van der Waals surface area contributed by atoms with Gasteiger partial charge >= 0.3 is 5.97 Å². The second-order valence-electron chi connectivity index (χ2n) is 3.32. The second-order valence-corrected chi connectivity index (χ2v) is 3.76. The third-order valence-corrected chi connectivity index (χ3v) is 2.17. The third kappa shape index (κ3) is 4.99. The Hall–Kier alpha value is -1.36. The van der Waals surface area contributed by atoms with E-state index < -0.39 is 5.82 Å². The molecule has 6 heteroatoms. The largest absolute Gasteiger partial charge is 0.466 e. The van der Waals surface area contributed by atoms with Gasteiger partial charge in [-0.15, -0.1) is 0 Å². The van der Waals surface area contributed by atoms with Crippen molar-refractivity contribution in [3.05, 3.63) is 23.1 Å². The fraction of sp³-hybridized carbons (Fsp3) is 0.455. The molecule has 0 unspecified atom stereocenters. The van der Waals surface area contributed by atoms with Gasteiger partial charge in [0.15, 0.2) is 11.6 Å². The highest BCUT2D eigenvalue weighted by Crippen LogP contribution is 2.15. The molecule has 1 heterocycles. The van der Waals surface area contributed by atoms with Gasteiger partial charge in [-0.1, -0.05) is 11.6 Å². The summed E-state index contributed by atoms with van der Waals surface area (Å²) in [6.07, 6.45) is 2.22. The van der Waals surface area contributed by atoms with Gasteiger partial charge in [-0.2, -0.15) is 0 Å². The van der Waals surface area contributed by atoms with Crippen LogP contribution in [-0.4, -0.2) is 24.1 Å². The zero-order valence-electron chi connectivity index (χ0n) is 9.50. The fourth-order valence-corrected chi connectivity index (χ4v) is 1.36. The minimum Gasteiger partial charge on any atom is -0.466 e. The first-order valence-electron chi connectivity index (χ1n) is 5.34. The summed E-state index contributed by atoms with van der Waals surface area (Å²) in [5.41, 5.74) is 0. The number of carbonyl (C=O) groups excluding carboxylic acids is 1. The Kier molecular flexibility index (Phi) is 5.69. The van der Waals surface area contributed by atoms with E-state index in [0.29, 0.717) is 26.0 Å². The summed E-state index contributed by atoms with van der Waals surface area (Å²) in [5.74, 6) is -0.620. The molecule has 4 nitrogen and oxygen atoms in total. The van der Waals surface area contributed by atoms with Crippen molar-refractivity contribution in [2.45, 2.75) is 19.8 Å². The zero-order chi connectivity index (χ0) is 12.7. The van der Waals surface area contributed by atoms with Crippen LogP contribution in [0.2, 0.25) is 5.02 Å². The van der Waals surface area contributed by atoms with E-state index in [4.69, 9.17) is 16.3 Å². The van der Waals surface area contributed by atoms with Crippen LogP contribution >= 0.6 is 11.6 Å². The van der Waals surface area contributed by atoms with Crippen molar-refractivity contribution in [1.82, 2.24) is 4.98 Å². The summed E-state index contributed by atoms with van der Waals surface area (Å²) in [6.45, 7) is 2.58. The maximum absolute atomic E-state index is 13.3. The van der Waals surface area contributed by atoms with E-state index in [1.165, 1.54) is 12.3 Å². The Labute approximate surface area is 104 Å². The number of hydrogen-bond acceptors (Lipinski definition) is 4. The van der Waals surface area contributed by atoms with Gasteiger partial charge in [-0.05, 0) is 19.4 Å². The lowest BCUT2D eigenvalue weighted by Gasteiger charge is -2.06. The highest BCUT2D eigenvalue weighted by atomic mass is 35.5. The summed E-state index contributed by atoms with van der Waals surface area (Å²) in [4.78, 5) is 14.8. The number of aromatic nitrogens is 1. The molecule has 0 fully saturated rings. The van der Waals surface area contributed by atoms with Gasteiger partial charge < -0.3 is 10.1 Å². The number of halogens is 2. The Bertz CT molecular complexity index is 388. The molecule has 17 heavy (non-hydrogen) atoms. The van der Waals surface area contributed by atoms with E-state index >= 15 is 0 Å². The van der Waals surface area contributed by atoms with Crippen molar-refractivity contribution in [2.75, 3.05) is 18.5 Å². The number of nitrogens with zero attached hydrogens (tertiary/aromatic N) is 1. The average molecular weight is 261 g/mol. The van der Waals surface area contributed by atoms with Crippen molar-refractivity contribution in [3.8, 4) is 0 Å². The summed E-state index contributed by atoms with van der Waals surface area (Å²) in [6, 6.07) is 1.18. The molecule has 0 atom stereocenters. The number of ether oxygens (including phenoxy) is 1. The van der Waals surface area contributed by atoms with Crippen LogP contribution in [0.15, 0.2) is 12.3 Å². The second kappa shape index (κ2) is 7.06. The maximum atomic E-state index is 13.3. The van der Waals surface area contributed by atoms with E-state index in [0.717, 1.165) is 0 Å². The van der Waals surface area contributed by atoms with E-state index in [2.05, 4.69) is 10.3 Å². The first-order valence-corrected chi connectivity index (χ1v) is 5.71. The van der Waals surface area contributed by atoms with Gasteiger partial charge in [-0.25, -0.2) is 9.37 Å². The summed E-state index contributed by atoms with van der Waals surface area (Å²) in [7, 11) is 0. The summed E-state index contributed by atoms with van der Waals surface area (Å²) in [5, 5.41) is 3.03. The van der Waals surface area contributed by atoms with Crippen molar-refractivity contribution < 1.29 is 13.9 Å². The minimum absolute atomic E-state index is 0.137. The van der Waals surface area contributed by atoms with Crippen molar-refractivity contribution in [2.24, 2.45) is 0 Å². The van der Waals surface area contributed by atoms with Crippen molar-refractivity contribution in [1.29, 1.82) is 0 Å². The maximum Gasteiger partial charge on any atom is 0.305 e. The molecule has 0 spiro atoms. The van der Waals surface area contributed by atoms with E-state index in [9.17, 15) is 9.18 Å². The molecule has 0 saturated carbocycles. The van der Waals surface area contributed by atoms with Gasteiger partial charge in [0.05, 0.1) is 11.6 Å². The van der Waals surface area contributed by atoms with Gasteiger partial charge in [0.25, 0.3) is 0 Å². The molecule has 0 aromatic carbocycles. The number of rotatable bonds is 6. The standard InChI is InChI=1S/C11H14ClFN2O2/c1-2-17-10(16)4-3-5-14-11-9(13)6-8(12)7-15-11/h6-7H,2-5H2,1H3,(H,14,15). The number of hydrogen-bond donors (Lipinski definition) is 1. The zero-order valence-corrected chi connectivity index (χ0v) is 10.3. The number of esters is 1. The summed E-state index contributed by atoms with van der Waals surface area (Å²) < 4.78 is 18.0. The number of nitrogens with one attached hydrogen (secondary N) is 1. The van der Waals surface area contributed by atoms with Gasteiger partial charge in [0.1, 0.15) is 0 Å². The van der Waals surface area contributed by atoms with Crippen LogP contribution in [0.3, 0.4) is 0 Å². The van der Waals surface area contributed by atoms with Crippen LogP contribution in [0.5, 0.6) is 0 Å². The van der Waals surface area contributed by atoms with Crippen LogP contribution < -0.4 is 5.32 Å². The normalized spacial score (nSPS) is 10.1. The molecule has 94 valence electrons. The molecule has 0 amide bonds. The molecule has 0 aliphatic rings. The Morgan fingerprint density at radius 1 is 1.65 bits per heavy atom. The minimum atomic E-state index is -0.506. The van der Waals surface area contributed by atoms with Gasteiger partial charge in [0, 0.05) is 19.2 Å². The lowest BCUT2D eigenvalue weighted by atomic mass is 10.3. The summed E-state index contributed by atoms with van der Waals surface area (Å²) >= 11 is 5.56. The molecule has 1 aromatic heterocycles. The number of anilines is 1. The Morgan fingerprint density at radius 2 is 2.41 bits per heavy atom. The van der Waals surface area contributed by atoms with Crippen LogP contribution in [0, 0.1) is 5.82 Å². The highest BCUT2D eigenvalue weighted by molar-refractivity contribution is 6.30. The lowest BCUT2D eigenvalue weighted by Crippen LogP contribution is -2.09. The monoisotopic (exact) mass is 260 g/mol. The fourth-order valence-electron chi connectivity index (χ4n) is 1.22. The Morgan fingerprint density at radius 3 is 3.06 bits per heavy atom. The molecule has 1 N–H and O–H groups in total.